The molecule has 0 radical (unpaired) electrons. The minimum atomic E-state index is -0.664. The van der Waals surface area contributed by atoms with E-state index < -0.39 is 12.1 Å². The van der Waals surface area contributed by atoms with Gasteiger partial charge in [0.05, 0.1) is 25.4 Å². The lowest BCUT2D eigenvalue weighted by Crippen LogP contribution is -2.45. The molecule has 0 aliphatic heterocycles. The molecule has 3 N–H and O–H groups in total. The first kappa shape index (κ1) is 84.6. The van der Waals surface area contributed by atoms with Crippen molar-refractivity contribution in [1.29, 1.82) is 0 Å². The van der Waals surface area contributed by atoms with Crippen molar-refractivity contribution in [3.63, 3.8) is 0 Å². The Bertz CT molecular complexity index is 1300. The average molecular weight is 1210 g/mol. The second-order valence-electron chi connectivity index (χ2n) is 27.8. The van der Waals surface area contributed by atoms with Crippen LogP contribution in [0.1, 0.15) is 463 Å². The number of esters is 1. The van der Waals surface area contributed by atoms with Gasteiger partial charge in [-0.15, -0.1) is 0 Å². The number of hydrogen-bond acceptors (Lipinski definition) is 5. The first-order chi connectivity index (χ1) is 42.5. The summed E-state index contributed by atoms with van der Waals surface area (Å²) in [5.74, 6) is -0.00601. The Morgan fingerprint density at radius 1 is 0.314 bits per heavy atom. The van der Waals surface area contributed by atoms with Gasteiger partial charge in [-0.25, -0.2) is 0 Å². The fourth-order valence-electron chi connectivity index (χ4n) is 13.0. The van der Waals surface area contributed by atoms with Crippen LogP contribution in [0.5, 0.6) is 0 Å². The standard InChI is InChI=1S/C80H157NO5/c1-3-5-7-9-11-13-15-17-18-19-20-21-22-30-33-36-39-42-45-49-52-56-60-64-68-72-78(83)77(76-82)81-79(84)73-69-65-61-57-53-50-46-43-40-37-34-31-28-26-24-23-25-27-29-32-35-38-41-44-47-51-55-59-63-67-71-75-86-80(85)74-70-66-62-58-54-48-16-14-12-10-8-6-4-2/h25,27,77-78,82-83H,3-24,26,28-76H2,1-2H3,(H,81,84)/b27-25-. The monoisotopic (exact) mass is 1210 g/mol. The number of aliphatic hydroxyl groups is 2. The van der Waals surface area contributed by atoms with E-state index in [0.717, 1.165) is 38.5 Å². The maximum absolute atomic E-state index is 12.6. The quantitative estimate of drug-likeness (QED) is 0.0320. The van der Waals surface area contributed by atoms with Gasteiger partial charge in [-0.05, 0) is 51.4 Å². The molecule has 0 aromatic heterocycles. The van der Waals surface area contributed by atoms with Crippen LogP contribution in [0, 0.1) is 0 Å². The van der Waals surface area contributed by atoms with Crippen molar-refractivity contribution in [1.82, 2.24) is 5.32 Å². The molecule has 1 amide bonds. The summed E-state index contributed by atoms with van der Waals surface area (Å²) < 4.78 is 5.49. The van der Waals surface area contributed by atoms with Gasteiger partial charge in [0.2, 0.25) is 5.91 Å². The SMILES string of the molecule is CCCCCCCCCCCCCCCCCCCCCCCCCCCC(O)C(CO)NC(=O)CCCCCCCCCCCCCCCCC/C=C\CCCCCCCCCCCCCCOC(=O)CCCCCCCCCCCCCCC. The van der Waals surface area contributed by atoms with Crippen molar-refractivity contribution >= 4 is 11.9 Å². The van der Waals surface area contributed by atoms with Crippen molar-refractivity contribution in [3.05, 3.63) is 12.2 Å². The third-order valence-corrected chi connectivity index (χ3v) is 19.1. The molecule has 0 aliphatic rings. The minimum Gasteiger partial charge on any atom is -0.466 e. The molecular weight excluding hydrogens is 1050 g/mol. The van der Waals surface area contributed by atoms with Gasteiger partial charge >= 0.3 is 5.97 Å². The summed E-state index contributed by atoms with van der Waals surface area (Å²) in [6.07, 6.45) is 95.9. The molecule has 0 saturated carbocycles. The summed E-state index contributed by atoms with van der Waals surface area (Å²) in [5, 5.41) is 23.5. The Kier molecular flexibility index (Phi) is 74.8. The van der Waals surface area contributed by atoms with Crippen LogP contribution in [0.2, 0.25) is 0 Å². The van der Waals surface area contributed by atoms with E-state index in [-0.39, 0.29) is 18.5 Å². The van der Waals surface area contributed by atoms with E-state index in [1.165, 1.54) is 392 Å². The Morgan fingerprint density at radius 2 is 0.547 bits per heavy atom. The molecule has 2 atom stereocenters. The maximum Gasteiger partial charge on any atom is 0.305 e. The molecular formula is C80H157NO5. The molecule has 0 spiro atoms. The summed E-state index contributed by atoms with van der Waals surface area (Å²) in [5.41, 5.74) is 0. The lowest BCUT2D eigenvalue weighted by molar-refractivity contribution is -0.143. The van der Waals surface area contributed by atoms with Crippen molar-refractivity contribution < 1.29 is 24.5 Å². The third kappa shape index (κ3) is 71.7. The predicted octanol–water partition coefficient (Wildman–Crippen LogP) is 26.3. The molecule has 0 aromatic carbocycles. The lowest BCUT2D eigenvalue weighted by atomic mass is 10.0. The van der Waals surface area contributed by atoms with Gasteiger partial charge in [-0.3, -0.25) is 9.59 Å². The number of allylic oxidation sites excluding steroid dienone is 2. The van der Waals surface area contributed by atoms with Gasteiger partial charge in [0.1, 0.15) is 0 Å². The largest absolute Gasteiger partial charge is 0.466 e. The number of unbranched alkanes of at least 4 members (excludes halogenated alkanes) is 63. The number of carbonyl (C=O) groups is 2. The molecule has 0 bridgehead atoms. The Morgan fingerprint density at radius 3 is 0.826 bits per heavy atom. The van der Waals surface area contributed by atoms with Crippen molar-refractivity contribution in [2.45, 2.75) is 475 Å². The molecule has 0 aliphatic carbocycles. The van der Waals surface area contributed by atoms with Crippen molar-refractivity contribution in [3.8, 4) is 0 Å². The maximum atomic E-state index is 12.6. The van der Waals surface area contributed by atoms with Gasteiger partial charge < -0.3 is 20.3 Å². The highest BCUT2D eigenvalue weighted by Gasteiger charge is 2.20. The van der Waals surface area contributed by atoms with Crippen LogP contribution in [0.3, 0.4) is 0 Å². The number of hydrogen-bond donors (Lipinski definition) is 3. The summed E-state index contributed by atoms with van der Waals surface area (Å²) in [6, 6.07) is -0.541. The summed E-state index contributed by atoms with van der Waals surface area (Å²) in [4.78, 5) is 24.6. The van der Waals surface area contributed by atoms with Crippen molar-refractivity contribution in [2.75, 3.05) is 13.2 Å². The van der Waals surface area contributed by atoms with Gasteiger partial charge in [0, 0.05) is 12.8 Å². The molecule has 2 unspecified atom stereocenters. The van der Waals surface area contributed by atoms with Gasteiger partial charge in [-0.2, -0.15) is 0 Å². The van der Waals surface area contributed by atoms with Crippen molar-refractivity contribution in [2.24, 2.45) is 0 Å². The van der Waals surface area contributed by atoms with Crippen LogP contribution in [0.15, 0.2) is 12.2 Å². The van der Waals surface area contributed by atoms with Gasteiger partial charge in [0.25, 0.3) is 0 Å². The molecule has 0 heterocycles. The van der Waals surface area contributed by atoms with Crippen LogP contribution in [0.4, 0.5) is 0 Å². The van der Waals surface area contributed by atoms with Gasteiger partial charge in [-0.1, -0.05) is 411 Å². The predicted molar refractivity (Wildman–Crippen MR) is 380 cm³/mol. The van der Waals surface area contributed by atoms with Crippen LogP contribution in [-0.4, -0.2) is 47.4 Å². The molecule has 6 nitrogen and oxygen atoms in total. The molecule has 86 heavy (non-hydrogen) atoms. The second kappa shape index (κ2) is 76.1. The molecule has 0 fully saturated rings. The topological polar surface area (TPSA) is 95.9 Å². The minimum absolute atomic E-state index is 0.0205. The van der Waals surface area contributed by atoms with E-state index in [1.807, 2.05) is 0 Å². The first-order valence-corrected chi connectivity index (χ1v) is 39.9. The fraction of sp³-hybridized carbons (Fsp3) is 0.950. The highest BCUT2D eigenvalue weighted by molar-refractivity contribution is 5.76. The number of ether oxygens (including phenoxy) is 1. The zero-order valence-corrected chi connectivity index (χ0v) is 58.8. The Balaban J connectivity index is 3.36. The molecule has 0 aromatic rings. The molecule has 0 saturated heterocycles. The van der Waals surface area contributed by atoms with E-state index >= 15 is 0 Å². The highest BCUT2D eigenvalue weighted by atomic mass is 16.5. The number of aliphatic hydroxyl groups excluding tert-OH is 2. The number of amides is 1. The molecule has 6 heteroatoms. The van der Waals surface area contributed by atoms with Crippen LogP contribution >= 0.6 is 0 Å². The second-order valence-corrected chi connectivity index (χ2v) is 27.8. The smallest absolute Gasteiger partial charge is 0.305 e. The van der Waals surface area contributed by atoms with E-state index in [0.29, 0.717) is 25.9 Å². The zero-order valence-electron chi connectivity index (χ0n) is 58.8. The Hall–Kier alpha value is -1.40. The number of carbonyl (C=O) groups excluding carboxylic acids is 2. The first-order valence-electron chi connectivity index (χ1n) is 39.9. The van der Waals surface area contributed by atoms with Crippen LogP contribution in [0.25, 0.3) is 0 Å². The van der Waals surface area contributed by atoms with Crippen LogP contribution in [-0.2, 0) is 14.3 Å². The fourth-order valence-corrected chi connectivity index (χ4v) is 13.0. The summed E-state index contributed by atoms with van der Waals surface area (Å²) in [7, 11) is 0. The highest BCUT2D eigenvalue weighted by Crippen LogP contribution is 2.20. The average Bonchev–Trinajstić information content (AvgIpc) is 3.56. The number of nitrogens with one attached hydrogen (secondary N) is 1. The molecule has 512 valence electrons. The summed E-state index contributed by atoms with van der Waals surface area (Å²) in [6.45, 7) is 5.01. The zero-order chi connectivity index (χ0) is 62.0. The lowest BCUT2D eigenvalue weighted by Gasteiger charge is -2.22. The normalized spacial score (nSPS) is 12.5. The van der Waals surface area contributed by atoms with Crippen LogP contribution < -0.4 is 5.32 Å². The van der Waals surface area contributed by atoms with E-state index in [9.17, 15) is 19.8 Å². The number of rotatable bonds is 76. The van der Waals surface area contributed by atoms with Gasteiger partial charge in [0.15, 0.2) is 0 Å². The Labute approximate surface area is 539 Å². The third-order valence-electron chi connectivity index (χ3n) is 19.1. The summed E-state index contributed by atoms with van der Waals surface area (Å²) >= 11 is 0. The van der Waals surface area contributed by atoms with E-state index in [2.05, 4.69) is 31.3 Å². The van der Waals surface area contributed by atoms with E-state index in [4.69, 9.17) is 4.74 Å². The van der Waals surface area contributed by atoms with E-state index in [1.54, 1.807) is 0 Å². The molecule has 0 rings (SSSR count).